The number of halogens is 2. The van der Waals surface area contributed by atoms with Gasteiger partial charge < -0.3 is 9.47 Å². The summed E-state index contributed by atoms with van der Waals surface area (Å²) in [6.07, 6.45) is 4.83. The fraction of sp³-hybridized carbons (Fsp3) is 0.700. The smallest absolute Gasteiger partial charge is 0.0704 e. The minimum Gasteiger partial charge on any atom is -0.382 e. The van der Waals surface area contributed by atoms with E-state index in [1.165, 1.54) is 5.56 Å². The molecule has 1 fully saturated rings. The molecule has 24 heavy (non-hydrogen) atoms. The SMILES string of the molecule is CC.CC.COCCOC1CCC(c2cc(Cl)c(C)c(Cl)c2)CC1. The summed E-state index contributed by atoms with van der Waals surface area (Å²) in [7, 11) is 1.70. The second kappa shape index (κ2) is 13.9. The lowest BCUT2D eigenvalue weighted by molar-refractivity contribution is -0.00280. The predicted molar refractivity (Wildman–Crippen MR) is 107 cm³/mol. The highest BCUT2D eigenvalue weighted by Gasteiger charge is 2.23. The first-order chi connectivity index (χ1) is 11.6. The van der Waals surface area contributed by atoms with E-state index in [1.807, 2.05) is 34.6 Å². The third kappa shape index (κ3) is 7.74. The maximum absolute atomic E-state index is 6.23. The van der Waals surface area contributed by atoms with Crippen LogP contribution in [0.3, 0.4) is 0 Å². The minimum absolute atomic E-state index is 0.373. The van der Waals surface area contributed by atoms with Gasteiger partial charge in [-0.15, -0.1) is 0 Å². The molecule has 4 heteroatoms. The van der Waals surface area contributed by atoms with Gasteiger partial charge in [0.05, 0.1) is 19.3 Å². The van der Waals surface area contributed by atoms with Crippen LogP contribution in [0, 0.1) is 6.92 Å². The molecule has 0 radical (unpaired) electrons. The molecule has 0 heterocycles. The fourth-order valence-electron chi connectivity index (χ4n) is 2.76. The highest BCUT2D eigenvalue weighted by atomic mass is 35.5. The summed E-state index contributed by atoms with van der Waals surface area (Å²) >= 11 is 12.5. The number of benzene rings is 1. The van der Waals surface area contributed by atoms with Crippen LogP contribution in [-0.2, 0) is 9.47 Å². The topological polar surface area (TPSA) is 18.5 Å². The number of ether oxygens (including phenoxy) is 2. The maximum atomic E-state index is 6.23. The van der Waals surface area contributed by atoms with E-state index in [0.717, 1.165) is 41.3 Å². The van der Waals surface area contributed by atoms with Gasteiger partial charge in [0.15, 0.2) is 0 Å². The van der Waals surface area contributed by atoms with Crippen LogP contribution in [0.5, 0.6) is 0 Å². The van der Waals surface area contributed by atoms with Crippen LogP contribution < -0.4 is 0 Å². The summed E-state index contributed by atoms with van der Waals surface area (Å²) in [5.74, 6) is 0.549. The van der Waals surface area contributed by atoms with Gasteiger partial charge in [0.25, 0.3) is 0 Å². The van der Waals surface area contributed by atoms with Gasteiger partial charge in [-0.25, -0.2) is 0 Å². The maximum Gasteiger partial charge on any atom is 0.0704 e. The van der Waals surface area contributed by atoms with Gasteiger partial charge in [-0.1, -0.05) is 50.9 Å². The Hall–Kier alpha value is -0.280. The standard InChI is InChI=1S/C16H22Cl2O2.2C2H6/c1-11-15(17)9-13(10-16(11)18)12-3-5-14(6-4-12)20-8-7-19-2;2*1-2/h9-10,12,14H,3-8H2,1-2H3;2*1-2H3. The molecule has 140 valence electrons. The number of methoxy groups -OCH3 is 1. The van der Waals surface area contributed by atoms with Crippen LogP contribution in [0.15, 0.2) is 12.1 Å². The summed E-state index contributed by atoms with van der Waals surface area (Å²) in [5.41, 5.74) is 2.23. The predicted octanol–water partition coefficient (Wildman–Crippen LogP) is 7.04. The fourth-order valence-corrected chi connectivity index (χ4v) is 3.27. The Kier molecular flexibility index (Phi) is 13.8. The van der Waals surface area contributed by atoms with Crippen molar-refractivity contribution in [2.24, 2.45) is 0 Å². The molecule has 0 aliphatic heterocycles. The third-order valence-corrected chi connectivity index (χ3v) is 4.88. The molecular weight excluding hydrogens is 343 g/mol. The number of hydrogen-bond acceptors (Lipinski definition) is 2. The molecular formula is C20H34Cl2O2. The van der Waals surface area contributed by atoms with E-state index >= 15 is 0 Å². The van der Waals surface area contributed by atoms with E-state index in [2.05, 4.69) is 12.1 Å². The van der Waals surface area contributed by atoms with Crippen molar-refractivity contribution >= 4 is 23.2 Å². The normalized spacial score (nSPS) is 19.7. The average molecular weight is 377 g/mol. The van der Waals surface area contributed by atoms with Crippen molar-refractivity contribution in [3.8, 4) is 0 Å². The Labute approximate surface area is 158 Å². The van der Waals surface area contributed by atoms with Crippen LogP contribution in [0.1, 0.15) is 70.4 Å². The van der Waals surface area contributed by atoms with Crippen molar-refractivity contribution in [2.75, 3.05) is 20.3 Å². The molecule has 0 spiro atoms. The van der Waals surface area contributed by atoms with Crippen molar-refractivity contribution in [1.82, 2.24) is 0 Å². The van der Waals surface area contributed by atoms with Gasteiger partial charge >= 0.3 is 0 Å². The summed E-state index contributed by atoms with van der Waals surface area (Å²) in [4.78, 5) is 0. The van der Waals surface area contributed by atoms with Crippen molar-refractivity contribution in [3.63, 3.8) is 0 Å². The summed E-state index contributed by atoms with van der Waals surface area (Å²) < 4.78 is 10.8. The first kappa shape index (κ1) is 23.7. The quantitative estimate of drug-likeness (QED) is 0.512. The number of rotatable bonds is 5. The number of hydrogen-bond donors (Lipinski definition) is 0. The Balaban J connectivity index is 0.00000123. The molecule has 0 aromatic heterocycles. The van der Waals surface area contributed by atoms with Gasteiger partial charge in [-0.3, -0.25) is 0 Å². The summed E-state index contributed by atoms with van der Waals surface area (Å²) in [6, 6.07) is 4.14. The molecule has 1 aliphatic rings. The zero-order valence-corrected chi connectivity index (χ0v) is 17.6. The molecule has 0 bridgehead atoms. The molecule has 0 atom stereocenters. The molecule has 1 aromatic carbocycles. The Morgan fingerprint density at radius 1 is 0.917 bits per heavy atom. The average Bonchev–Trinajstić information content (AvgIpc) is 2.63. The Bertz CT molecular complexity index is 418. The van der Waals surface area contributed by atoms with Gasteiger partial charge in [-0.05, 0) is 61.8 Å². The molecule has 1 saturated carbocycles. The van der Waals surface area contributed by atoms with E-state index in [9.17, 15) is 0 Å². The van der Waals surface area contributed by atoms with Gasteiger partial charge in [0.1, 0.15) is 0 Å². The summed E-state index contributed by atoms with van der Waals surface area (Å²) in [6.45, 7) is 11.3. The highest BCUT2D eigenvalue weighted by molar-refractivity contribution is 6.36. The van der Waals surface area contributed by atoms with E-state index in [4.69, 9.17) is 32.7 Å². The van der Waals surface area contributed by atoms with Crippen LogP contribution in [-0.4, -0.2) is 26.4 Å². The van der Waals surface area contributed by atoms with Gasteiger partial charge in [-0.2, -0.15) is 0 Å². The van der Waals surface area contributed by atoms with E-state index in [0.29, 0.717) is 25.2 Å². The van der Waals surface area contributed by atoms with Crippen molar-refractivity contribution in [3.05, 3.63) is 33.3 Å². The lowest BCUT2D eigenvalue weighted by Crippen LogP contribution is -2.22. The molecule has 2 rings (SSSR count). The zero-order chi connectivity index (χ0) is 18.5. The van der Waals surface area contributed by atoms with E-state index in [-0.39, 0.29) is 0 Å². The van der Waals surface area contributed by atoms with Crippen molar-refractivity contribution in [2.45, 2.75) is 72.3 Å². The van der Waals surface area contributed by atoms with Crippen LogP contribution >= 0.6 is 23.2 Å². The molecule has 0 saturated heterocycles. The Morgan fingerprint density at radius 3 is 1.88 bits per heavy atom. The molecule has 1 aliphatic carbocycles. The van der Waals surface area contributed by atoms with E-state index in [1.54, 1.807) is 7.11 Å². The van der Waals surface area contributed by atoms with Crippen molar-refractivity contribution in [1.29, 1.82) is 0 Å². The second-order valence-electron chi connectivity index (χ2n) is 5.45. The molecule has 2 nitrogen and oxygen atoms in total. The summed E-state index contributed by atoms with van der Waals surface area (Å²) in [5, 5.41) is 1.54. The highest BCUT2D eigenvalue weighted by Crippen LogP contribution is 2.37. The Morgan fingerprint density at radius 2 is 1.42 bits per heavy atom. The lowest BCUT2D eigenvalue weighted by Gasteiger charge is -2.29. The largest absolute Gasteiger partial charge is 0.382 e. The second-order valence-corrected chi connectivity index (χ2v) is 6.26. The van der Waals surface area contributed by atoms with Crippen LogP contribution in [0.2, 0.25) is 10.0 Å². The van der Waals surface area contributed by atoms with Crippen LogP contribution in [0.4, 0.5) is 0 Å². The van der Waals surface area contributed by atoms with E-state index < -0.39 is 0 Å². The monoisotopic (exact) mass is 376 g/mol. The van der Waals surface area contributed by atoms with Crippen LogP contribution in [0.25, 0.3) is 0 Å². The minimum atomic E-state index is 0.373. The van der Waals surface area contributed by atoms with Crippen molar-refractivity contribution < 1.29 is 9.47 Å². The lowest BCUT2D eigenvalue weighted by atomic mass is 9.82. The first-order valence-corrected chi connectivity index (χ1v) is 9.93. The first-order valence-electron chi connectivity index (χ1n) is 9.18. The third-order valence-electron chi connectivity index (χ3n) is 4.09. The molecule has 1 aromatic rings. The zero-order valence-electron chi connectivity index (χ0n) is 16.1. The molecule has 0 unspecified atom stereocenters. The van der Waals surface area contributed by atoms with Gasteiger partial charge in [0.2, 0.25) is 0 Å². The van der Waals surface area contributed by atoms with Gasteiger partial charge in [0, 0.05) is 17.2 Å². The molecule has 0 amide bonds. The molecule has 0 N–H and O–H groups in total.